The van der Waals surface area contributed by atoms with Gasteiger partial charge in [0.25, 0.3) is 11.8 Å². The van der Waals surface area contributed by atoms with E-state index in [2.05, 4.69) is 20.4 Å². The number of benzene rings is 1. The van der Waals surface area contributed by atoms with E-state index in [0.29, 0.717) is 6.07 Å². The van der Waals surface area contributed by atoms with E-state index in [9.17, 15) is 35.9 Å². The number of aromatic nitrogens is 1. The number of hydrogen-bond donors (Lipinski definition) is 2. The number of nitrogens with one attached hydrogen (secondary N) is 2. The summed E-state index contributed by atoms with van der Waals surface area (Å²) in [6.07, 6.45) is -5.57. The van der Waals surface area contributed by atoms with Crippen molar-refractivity contribution in [1.29, 1.82) is 0 Å². The Bertz CT molecular complexity index is 1110. The molecule has 0 aliphatic carbocycles. The van der Waals surface area contributed by atoms with Gasteiger partial charge in [-0.25, -0.2) is 4.39 Å². The van der Waals surface area contributed by atoms with Crippen molar-refractivity contribution in [2.45, 2.75) is 44.3 Å². The topological polar surface area (TPSA) is 89.6 Å². The number of pyridine rings is 1. The van der Waals surface area contributed by atoms with Crippen molar-refractivity contribution >= 4 is 17.5 Å². The summed E-state index contributed by atoms with van der Waals surface area (Å²) in [5.74, 6) is -6.21. The number of amides is 2. The van der Waals surface area contributed by atoms with Gasteiger partial charge in [-0.15, -0.1) is 0 Å². The summed E-state index contributed by atoms with van der Waals surface area (Å²) in [7, 11) is 1.35. The Labute approximate surface area is 195 Å². The van der Waals surface area contributed by atoms with E-state index in [1.165, 1.54) is 25.4 Å². The van der Waals surface area contributed by atoms with Crippen LogP contribution in [-0.2, 0) is 9.53 Å². The first kappa shape index (κ1) is 26.3. The van der Waals surface area contributed by atoms with Gasteiger partial charge in [0.1, 0.15) is 23.4 Å². The molecule has 1 aromatic carbocycles. The second-order valence-corrected chi connectivity index (χ2v) is 8.02. The van der Waals surface area contributed by atoms with E-state index in [-0.39, 0.29) is 16.9 Å². The summed E-state index contributed by atoms with van der Waals surface area (Å²) >= 11 is 0. The number of nitrogens with zero attached hydrogens (tertiary/aromatic N) is 1. The lowest BCUT2D eigenvalue weighted by molar-refractivity contribution is -0.272. The summed E-state index contributed by atoms with van der Waals surface area (Å²) in [5.41, 5.74) is -3.15. The van der Waals surface area contributed by atoms with Crippen LogP contribution in [-0.4, -0.2) is 48.3 Å². The van der Waals surface area contributed by atoms with Crippen molar-refractivity contribution in [3.05, 3.63) is 53.6 Å². The molecule has 1 aromatic heterocycles. The van der Waals surface area contributed by atoms with Gasteiger partial charge in [0, 0.05) is 42.4 Å². The van der Waals surface area contributed by atoms with Crippen LogP contribution < -0.4 is 15.4 Å². The zero-order valence-electron chi connectivity index (χ0n) is 18.6. The first-order valence-corrected chi connectivity index (χ1v) is 10.3. The molecule has 7 nitrogen and oxygen atoms in total. The fraction of sp³-hybridized carbons (Fsp3) is 0.409. The van der Waals surface area contributed by atoms with Crippen molar-refractivity contribution in [3.63, 3.8) is 0 Å². The minimum atomic E-state index is -4.94. The zero-order valence-corrected chi connectivity index (χ0v) is 18.6. The number of halogens is 6. The first-order valence-electron chi connectivity index (χ1n) is 10.3. The van der Waals surface area contributed by atoms with Gasteiger partial charge in [0.2, 0.25) is 0 Å². The molecule has 2 heterocycles. The molecule has 2 aromatic rings. The van der Waals surface area contributed by atoms with E-state index in [0.717, 1.165) is 26.0 Å². The molecule has 1 aliphatic heterocycles. The molecule has 1 aliphatic rings. The van der Waals surface area contributed by atoms with Gasteiger partial charge >= 0.3 is 12.8 Å². The Morgan fingerprint density at radius 1 is 1.20 bits per heavy atom. The highest BCUT2D eigenvalue weighted by molar-refractivity contribution is 5.97. The van der Waals surface area contributed by atoms with Gasteiger partial charge in [-0.05, 0) is 25.1 Å². The van der Waals surface area contributed by atoms with Crippen molar-refractivity contribution in [1.82, 2.24) is 10.3 Å². The summed E-state index contributed by atoms with van der Waals surface area (Å²) in [6, 6.07) is 4.93. The number of anilines is 1. The van der Waals surface area contributed by atoms with Crippen LogP contribution in [0.4, 0.5) is 32.0 Å². The Kier molecular flexibility index (Phi) is 7.29. The van der Waals surface area contributed by atoms with E-state index in [1.54, 1.807) is 0 Å². The third-order valence-corrected chi connectivity index (χ3v) is 5.96. The zero-order chi connectivity index (χ0) is 26.1. The molecule has 1 saturated heterocycles. The molecule has 0 bridgehead atoms. The van der Waals surface area contributed by atoms with E-state index in [4.69, 9.17) is 4.74 Å². The van der Waals surface area contributed by atoms with E-state index >= 15 is 0 Å². The van der Waals surface area contributed by atoms with Crippen LogP contribution in [0.2, 0.25) is 0 Å². The van der Waals surface area contributed by atoms with E-state index in [1.807, 2.05) is 0 Å². The Morgan fingerprint density at radius 3 is 2.49 bits per heavy atom. The summed E-state index contributed by atoms with van der Waals surface area (Å²) in [6.45, 7) is -1.50. The minimum absolute atomic E-state index is 0.0300. The summed E-state index contributed by atoms with van der Waals surface area (Å²) < 4.78 is 91.2. The molecule has 2 N–H and O–H groups in total. The highest BCUT2D eigenvalue weighted by Gasteiger charge is 2.65. The number of carbonyl (C=O) groups is 2. The van der Waals surface area contributed by atoms with Gasteiger partial charge in [-0.1, -0.05) is 13.0 Å². The molecule has 0 saturated carbocycles. The summed E-state index contributed by atoms with van der Waals surface area (Å²) in [4.78, 5) is 28.7. The normalized spacial score (nSPS) is 24.3. The molecule has 3 rings (SSSR count). The van der Waals surface area contributed by atoms with Gasteiger partial charge in [0.15, 0.2) is 5.60 Å². The van der Waals surface area contributed by atoms with Crippen molar-refractivity contribution in [3.8, 4) is 5.75 Å². The predicted molar refractivity (Wildman–Crippen MR) is 111 cm³/mol. The van der Waals surface area contributed by atoms with Crippen LogP contribution in [0, 0.1) is 11.7 Å². The molecule has 0 radical (unpaired) electrons. The smallest absolute Gasteiger partial charge is 0.417 e. The average molecular weight is 505 g/mol. The first-order chi connectivity index (χ1) is 16.3. The van der Waals surface area contributed by atoms with Gasteiger partial charge < -0.3 is 20.1 Å². The molecular weight excluding hydrogens is 484 g/mol. The maximum absolute atomic E-state index is 14.0. The van der Waals surface area contributed by atoms with Crippen LogP contribution in [0.1, 0.15) is 35.8 Å². The predicted octanol–water partition coefficient (Wildman–Crippen LogP) is 4.26. The van der Waals surface area contributed by atoms with Crippen molar-refractivity contribution < 1.29 is 45.4 Å². The number of alkyl halides is 5. The lowest BCUT2D eigenvalue weighted by Gasteiger charge is -2.32. The summed E-state index contributed by atoms with van der Waals surface area (Å²) in [5, 5.41) is 4.71. The highest BCUT2D eigenvalue weighted by Crippen LogP contribution is 2.54. The third-order valence-electron chi connectivity index (χ3n) is 5.96. The average Bonchev–Trinajstić information content (AvgIpc) is 3.05. The third kappa shape index (κ3) is 5.19. The Hall–Kier alpha value is -3.35. The highest BCUT2D eigenvalue weighted by atomic mass is 19.4. The standard InChI is InChI=1S/C22H21F6N3O4/c1-10-16(13-5-4-11(23)8-15(13)34-20(24)25)17(35-21(10,2)22(26,27)28)19(33)31-12-6-7-30-14(9-12)18(32)29-3/h4-10,16-17,20H,1-3H3,(H,29,32)(H,30,31,33)/t10-,16+,17-,21-/m0/s1. The van der Waals surface area contributed by atoms with Gasteiger partial charge in [-0.2, -0.15) is 22.0 Å². The number of rotatable bonds is 6. The molecule has 2 amide bonds. The molecule has 0 spiro atoms. The quantitative estimate of drug-likeness (QED) is 0.573. The molecular formula is C22H21F6N3O4. The van der Waals surface area contributed by atoms with E-state index < -0.39 is 59.7 Å². The Balaban J connectivity index is 2.04. The van der Waals surface area contributed by atoms with Crippen molar-refractivity contribution in [2.75, 3.05) is 12.4 Å². The van der Waals surface area contributed by atoms with Crippen LogP contribution in [0.5, 0.6) is 5.75 Å². The lowest BCUT2D eigenvalue weighted by Crippen LogP contribution is -2.47. The fourth-order valence-corrected chi connectivity index (χ4v) is 3.98. The van der Waals surface area contributed by atoms with Crippen LogP contribution in [0.25, 0.3) is 0 Å². The molecule has 13 heteroatoms. The maximum atomic E-state index is 14.0. The van der Waals surface area contributed by atoms with Crippen LogP contribution in [0.15, 0.2) is 36.5 Å². The molecule has 0 unspecified atom stereocenters. The SMILES string of the molecule is CNC(=O)c1cc(NC(=O)[C@H]2O[C@](C)(C(F)(F)F)[C@@H](C)[C@@H]2c2ccc(F)cc2OC(F)F)ccn1. The minimum Gasteiger partial charge on any atom is -0.434 e. The fourth-order valence-electron chi connectivity index (χ4n) is 3.98. The molecule has 190 valence electrons. The monoisotopic (exact) mass is 505 g/mol. The number of carbonyl (C=O) groups excluding carboxylic acids is 2. The van der Waals surface area contributed by atoms with Gasteiger partial charge in [-0.3, -0.25) is 14.6 Å². The number of ether oxygens (including phenoxy) is 2. The number of hydrogen-bond acceptors (Lipinski definition) is 5. The molecule has 4 atom stereocenters. The molecule has 35 heavy (non-hydrogen) atoms. The second kappa shape index (κ2) is 9.72. The largest absolute Gasteiger partial charge is 0.434 e. The molecule has 1 fully saturated rings. The van der Waals surface area contributed by atoms with Crippen LogP contribution >= 0.6 is 0 Å². The van der Waals surface area contributed by atoms with Crippen LogP contribution in [0.3, 0.4) is 0 Å². The lowest BCUT2D eigenvalue weighted by atomic mass is 9.77. The Morgan fingerprint density at radius 2 is 1.89 bits per heavy atom. The van der Waals surface area contributed by atoms with Gasteiger partial charge in [0.05, 0.1) is 0 Å². The van der Waals surface area contributed by atoms with Crippen molar-refractivity contribution in [2.24, 2.45) is 5.92 Å². The second-order valence-electron chi connectivity index (χ2n) is 8.02. The maximum Gasteiger partial charge on any atom is 0.417 e.